The number of aromatic hydroxyl groups is 1. The number of ketones is 1. The van der Waals surface area contributed by atoms with Crippen molar-refractivity contribution in [1.82, 2.24) is 0 Å². The molecule has 1 rings (SSSR count). The minimum absolute atomic E-state index is 0.0479. The Morgan fingerprint density at radius 3 is 2.59 bits per heavy atom. The molecule has 0 amide bonds. The minimum Gasteiger partial charge on any atom is -0.503 e. The van der Waals surface area contributed by atoms with Gasteiger partial charge in [0, 0.05) is 0 Å². The summed E-state index contributed by atoms with van der Waals surface area (Å²) < 4.78 is 4.85. The molecule has 0 spiro atoms. The van der Waals surface area contributed by atoms with Crippen molar-refractivity contribution in [2.24, 2.45) is 0 Å². The molecule has 17 heavy (non-hydrogen) atoms. The zero-order chi connectivity index (χ0) is 13.0. The molecular weight excluding hydrogens is 248 g/mol. The summed E-state index contributed by atoms with van der Waals surface area (Å²) in [5, 5.41) is 17.9. The molecule has 0 aliphatic heterocycles. The Kier molecular flexibility index (Phi) is 4.12. The molecular formula is C11H9ClO5. The van der Waals surface area contributed by atoms with Gasteiger partial charge in [-0.2, -0.15) is 0 Å². The van der Waals surface area contributed by atoms with Gasteiger partial charge in [0.1, 0.15) is 0 Å². The number of phenols is 1. The average molecular weight is 257 g/mol. The van der Waals surface area contributed by atoms with Crippen LogP contribution in [0.25, 0.3) is 6.08 Å². The van der Waals surface area contributed by atoms with E-state index in [2.05, 4.69) is 0 Å². The molecule has 2 N–H and O–H groups in total. The Morgan fingerprint density at radius 2 is 2.06 bits per heavy atom. The van der Waals surface area contributed by atoms with Gasteiger partial charge in [0.25, 0.3) is 5.78 Å². The zero-order valence-corrected chi connectivity index (χ0v) is 9.56. The second-order valence-corrected chi connectivity index (χ2v) is 3.46. The summed E-state index contributed by atoms with van der Waals surface area (Å²) in [5.74, 6) is -2.66. The van der Waals surface area contributed by atoms with E-state index in [0.29, 0.717) is 5.56 Å². The van der Waals surface area contributed by atoms with E-state index in [1.165, 1.54) is 25.3 Å². The maximum atomic E-state index is 10.8. The summed E-state index contributed by atoms with van der Waals surface area (Å²) in [4.78, 5) is 21.1. The van der Waals surface area contributed by atoms with Crippen LogP contribution in [0.2, 0.25) is 5.02 Å². The van der Waals surface area contributed by atoms with Crippen LogP contribution in [0.5, 0.6) is 11.5 Å². The predicted octanol–water partition coefficient (Wildman–Crippen LogP) is 1.72. The van der Waals surface area contributed by atoms with Gasteiger partial charge in [0.15, 0.2) is 11.5 Å². The van der Waals surface area contributed by atoms with Crippen molar-refractivity contribution in [2.75, 3.05) is 7.11 Å². The average Bonchev–Trinajstić information content (AvgIpc) is 2.29. The van der Waals surface area contributed by atoms with Gasteiger partial charge in [-0.15, -0.1) is 0 Å². The molecule has 0 saturated carbocycles. The van der Waals surface area contributed by atoms with E-state index in [1.54, 1.807) is 0 Å². The summed E-state index contributed by atoms with van der Waals surface area (Å²) in [6.07, 6.45) is 2.16. The number of hydrogen-bond acceptors (Lipinski definition) is 4. The van der Waals surface area contributed by atoms with Crippen molar-refractivity contribution in [3.63, 3.8) is 0 Å². The minimum atomic E-state index is -1.54. The topological polar surface area (TPSA) is 83.8 Å². The normalized spacial score (nSPS) is 10.5. The van der Waals surface area contributed by atoms with Crippen LogP contribution in [0.3, 0.4) is 0 Å². The molecule has 0 atom stereocenters. The first-order valence-electron chi connectivity index (χ1n) is 4.47. The summed E-state index contributed by atoms with van der Waals surface area (Å²) >= 11 is 5.71. The quantitative estimate of drug-likeness (QED) is 0.633. The number of rotatable bonds is 4. The highest BCUT2D eigenvalue weighted by molar-refractivity contribution is 6.38. The van der Waals surface area contributed by atoms with E-state index < -0.39 is 11.8 Å². The smallest absolute Gasteiger partial charge is 0.376 e. The monoisotopic (exact) mass is 256 g/mol. The molecule has 1 aromatic rings. The number of carbonyl (C=O) groups excluding carboxylic acids is 1. The Balaban J connectivity index is 3.04. The van der Waals surface area contributed by atoms with E-state index in [4.69, 9.17) is 21.4 Å². The number of carbonyl (C=O) groups is 2. The van der Waals surface area contributed by atoms with Gasteiger partial charge < -0.3 is 14.9 Å². The van der Waals surface area contributed by atoms with E-state index in [1.807, 2.05) is 0 Å². The molecule has 1 aromatic carbocycles. The predicted molar refractivity (Wildman–Crippen MR) is 61.3 cm³/mol. The maximum Gasteiger partial charge on any atom is 0.376 e. The van der Waals surface area contributed by atoms with Crippen LogP contribution in [0, 0.1) is 0 Å². The Morgan fingerprint density at radius 1 is 1.41 bits per heavy atom. The zero-order valence-electron chi connectivity index (χ0n) is 8.81. The number of methoxy groups -OCH3 is 1. The molecule has 0 saturated heterocycles. The van der Waals surface area contributed by atoms with Crippen molar-refractivity contribution in [3.05, 3.63) is 28.8 Å². The Hall–Kier alpha value is -2.01. The summed E-state index contributed by atoms with van der Waals surface area (Å²) in [6, 6.07) is 2.80. The number of carboxylic acids is 1. The molecule has 0 unspecified atom stereocenters. The highest BCUT2D eigenvalue weighted by Crippen LogP contribution is 2.35. The first-order valence-corrected chi connectivity index (χ1v) is 4.85. The van der Waals surface area contributed by atoms with Crippen LogP contribution >= 0.6 is 11.6 Å². The molecule has 0 aliphatic carbocycles. The van der Waals surface area contributed by atoms with Crippen molar-refractivity contribution >= 4 is 29.4 Å². The van der Waals surface area contributed by atoms with E-state index in [0.717, 1.165) is 6.08 Å². The summed E-state index contributed by atoms with van der Waals surface area (Å²) in [6.45, 7) is 0. The van der Waals surface area contributed by atoms with Gasteiger partial charge in [0.2, 0.25) is 0 Å². The fourth-order valence-electron chi connectivity index (χ4n) is 1.09. The van der Waals surface area contributed by atoms with E-state index in [9.17, 15) is 14.7 Å². The molecule has 5 nitrogen and oxygen atoms in total. The van der Waals surface area contributed by atoms with Gasteiger partial charge in [-0.1, -0.05) is 17.7 Å². The molecule has 0 aliphatic rings. The van der Waals surface area contributed by atoms with Gasteiger partial charge in [-0.25, -0.2) is 4.79 Å². The SMILES string of the molecule is COc1cc(/C=C/C(=O)C(=O)O)cc(Cl)c1O. The highest BCUT2D eigenvalue weighted by Gasteiger charge is 2.09. The lowest BCUT2D eigenvalue weighted by molar-refractivity contribution is -0.146. The largest absolute Gasteiger partial charge is 0.503 e. The Bertz CT molecular complexity index is 493. The van der Waals surface area contributed by atoms with Crippen LogP contribution in [0.15, 0.2) is 18.2 Å². The van der Waals surface area contributed by atoms with E-state index in [-0.39, 0.29) is 16.5 Å². The van der Waals surface area contributed by atoms with Crippen LogP contribution in [0.1, 0.15) is 5.56 Å². The second kappa shape index (κ2) is 5.36. The van der Waals surface area contributed by atoms with Crippen LogP contribution in [-0.2, 0) is 9.59 Å². The van der Waals surface area contributed by atoms with Gasteiger partial charge in [-0.05, 0) is 23.8 Å². The molecule has 90 valence electrons. The van der Waals surface area contributed by atoms with Gasteiger partial charge >= 0.3 is 5.97 Å². The van der Waals surface area contributed by atoms with Gasteiger partial charge in [0.05, 0.1) is 12.1 Å². The lowest BCUT2D eigenvalue weighted by Crippen LogP contribution is -2.08. The van der Waals surface area contributed by atoms with Crippen LogP contribution in [-0.4, -0.2) is 29.1 Å². The molecule has 0 bridgehead atoms. The van der Waals surface area contributed by atoms with E-state index >= 15 is 0 Å². The second-order valence-electron chi connectivity index (χ2n) is 3.06. The summed E-state index contributed by atoms with van der Waals surface area (Å²) in [5.41, 5.74) is 0.444. The number of phenolic OH excluding ortho intramolecular Hbond substituents is 1. The molecule has 0 aromatic heterocycles. The molecule has 0 fully saturated rings. The number of aliphatic carboxylic acids is 1. The third kappa shape index (κ3) is 3.22. The molecule has 0 radical (unpaired) electrons. The van der Waals surface area contributed by atoms with Crippen molar-refractivity contribution < 1.29 is 24.5 Å². The summed E-state index contributed by atoms with van der Waals surface area (Å²) in [7, 11) is 1.35. The first kappa shape index (κ1) is 13.1. The lowest BCUT2D eigenvalue weighted by atomic mass is 10.1. The third-order valence-electron chi connectivity index (χ3n) is 1.91. The first-order chi connectivity index (χ1) is 7.95. The number of carboxylic acid groups (broad SMARTS) is 1. The Labute approximate surface area is 102 Å². The maximum absolute atomic E-state index is 10.8. The third-order valence-corrected chi connectivity index (χ3v) is 2.20. The fourth-order valence-corrected chi connectivity index (χ4v) is 1.31. The number of hydrogen-bond donors (Lipinski definition) is 2. The van der Waals surface area contributed by atoms with Crippen molar-refractivity contribution in [2.45, 2.75) is 0 Å². The number of halogens is 1. The molecule has 0 heterocycles. The highest BCUT2D eigenvalue weighted by atomic mass is 35.5. The van der Waals surface area contributed by atoms with Crippen molar-refractivity contribution in [1.29, 1.82) is 0 Å². The van der Waals surface area contributed by atoms with Crippen molar-refractivity contribution in [3.8, 4) is 11.5 Å². The number of ether oxygens (including phenoxy) is 1. The van der Waals surface area contributed by atoms with Crippen LogP contribution in [0.4, 0.5) is 0 Å². The lowest BCUT2D eigenvalue weighted by Gasteiger charge is -2.05. The standard InChI is InChI=1S/C11H9ClO5/c1-17-9-5-6(4-7(12)10(9)14)2-3-8(13)11(15)16/h2-5,14H,1H3,(H,15,16)/b3-2+. The fraction of sp³-hybridized carbons (Fsp3) is 0.0909. The van der Waals surface area contributed by atoms with Crippen LogP contribution < -0.4 is 4.74 Å². The number of benzene rings is 1. The van der Waals surface area contributed by atoms with Gasteiger partial charge in [-0.3, -0.25) is 4.79 Å². The molecule has 6 heteroatoms.